The predicted octanol–water partition coefficient (Wildman–Crippen LogP) is 2.76. The van der Waals surface area contributed by atoms with Crippen molar-refractivity contribution in [1.29, 1.82) is 0 Å². The van der Waals surface area contributed by atoms with Crippen LogP contribution >= 0.6 is 0 Å². The fraction of sp³-hybridized carbons (Fsp3) is 0.455. The molecule has 7 heteroatoms. The van der Waals surface area contributed by atoms with Crippen LogP contribution in [-0.4, -0.2) is 43.0 Å². The second kappa shape index (κ2) is 10.0. The standard InChI is InChI=1S/C22H26O7/c1-5-17(12-27-15(4)24)22(26)29-19-10-16(11-23)8-6-7-13(2)9-18-20(19)14(3)21(25)28-18/h5,8-9,11,18-20H,3,6-7,10,12H2,1-2,4H3/b13-9-,16-8+,17-5+/t18-,19-,20+/m1/s1. The van der Waals surface area contributed by atoms with Crippen LogP contribution in [0.5, 0.6) is 0 Å². The lowest BCUT2D eigenvalue weighted by Gasteiger charge is -2.27. The Bertz CT molecular complexity index is 800. The summed E-state index contributed by atoms with van der Waals surface area (Å²) in [5.41, 5.74) is 1.84. The molecular formula is C22H26O7. The molecule has 0 unspecified atom stereocenters. The Morgan fingerprint density at radius 2 is 2.10 bits per heavy atom. The number of esters is 3. The Labute approximate surface area is 170 Å². The molecule has 1 saturated heterocycles. The van der Waals surface area contributed by atoms with Crippen molar-refractivity contribution in [3.63, 3.8) is 0 Å². The highest BCUT2D eigenvalue weighted by molar-refractivity contribution is 5.92. The molecule has 2 aliphatic rings. The molecular weight excluding hydrogens is 376 g/mol. The SMILES string of the molecule is C=C1C(=O)O[C@@H]2/C=C(/C)CC/C=C(/C=O)C[C@@H](OC(=O)/C(=C/C)COC(C)=O)[C@@H]12. The van der Waals surface area contributed by atoms with Crippen molar-refractivity contribution >= 4 is 24.2 Å². The highest BCUT2D eigenvalue weighted by atomic mass is 16.6. The van der Waals surface area contributed by atoms with Crippen molar-refractivity contribution in [1.82, 2.24) is 0 Å². The molecule has 3 atom stereocenters. The summed E-state index contributed by atoms with van der Waals surface area (Å²) in [4.78, 5) is 47.4. The van der Waals surface area contributed by atoms with Crippen LogP contribution in [0.15, 0.2) is 47.1 Å². The summed E-state index contributed by atoms with van der Waals surface area (Å²) in [6.45, 7) is 8.38. The second-order valence-corrected chi connectivity index (χ2v) is 7.11. The van der Waals surface area contributed by atoms with Crippen LogP contribution in [0.2, 0.25) is 0 Å². The zero-order valence-electron chi connectivity index (χ0n) is 16.9. The maximum absolute atomic E-state index is 12.7. The van der Waals surface area contributed by atoms with Crippen LogP contribution in [0.25, 0.3) is 0 Å². The quantitative estimate of drug-likeness (QED) is 0.229. The van der Waals surface area contributed by atoms with E-state index < -0.39 is 36.0 Å². The second-order valence-electron chi connectivity index (χ2n) is 7.11. The Morgan fingerprint density at radius 1 is 1.38 bits per heavy atom. The molecule has 0 bridgehead atoms. The Kier molecular flexibility index (Phi) is 7.70. The third-order valence-corrected chi connectivity index (χ3v) is 4.94. The first-order valence-electron chi connectivity index (χ1n) is 9.47. The molecule has 156 valence electrons. The van der Waals surface area contributed by atoms with Crippen LogP contribution < -0.4 is 0 Å². The minimum Gasteiger partial charge on any atom is -0.461 e. The highest BCUT2D eigenvalue weighted by Gasteiger charge is 2.44. The van der Waals surface area contributed by atoms with Crippen LogP contribution in [0.1, 0.15) is 40.0 Å². The van der Waals surface area contributed by atoms with E-state index in [4.69, 9.17) is 14.2 Å². The van der Waals surface area contributed by atoms with E-state index in [0.717, 1.165) is 18.3 Å². The van der Waals surface area contributed by atoms with Crippen LogP contribution in [0, 0.1) is 5.92 Å². The van der Waals surface area contributed by atoms with Crippen LogP contribution in [0.3, 0.4) is 0 Å². The molecule has 1 heterocycles. The summed E-state index contributed by atoms with van der Waals surface area (Å²) in [6, 6.07) is 0. The number of allylic oxidation sites excluding steroid dienone is 3. The molecule has 0 aromatic rings. The van der Waals surface area contributed by atoms with Crippen molar-refractivity contribution in [3.8, 4) is 0 Å². The van der Waals surface area contributed by atoms with Crippen molar-refractivity contribution in [2.24, 2.45) is 5.92 Å². The van der Waals surface area contributed by atoms with E-state index >= 15 is 0 Å². The molecule has 0 amide bonds. The van der Waals surface area contributed by atoms with Crippen LogP contribution in [-0.2, 0) is 33.4 Å². The summed E-state index contributed by atoms with van der Waals surface area (Å²) in [5, 5.41) is 0. The molecule has 1 aliphatic carbocycles. The fourth-order valence-electron chi connectivity index (χ4n) is 3.34. The van der Waals surface area contributed by atoms with E-state index in [0.29, 0.717) is 12.0 Å². The zero-order chi connectivity index (χ0) is 21.6. The highest BCUT2D eigenvalue weighted by Crippen LogP contribution is 2.36. The molecule has 0 radical (unpaired) electrons. The van der Waals surface area contributed by atoms with Gasteiger partial charge in [0.2, 0.25) is 0 Å². The molecule has 0 N–H and O–H groups in total. The molecule has 0 aromatic carbocycles. The van der Waals surface area contributed by atoms with Gasteiger partial charge in [-0.25, -0.2) is 9.59 Å². The molecule has 2 rings (SSSR count). The van der Waals surface area contributed by atoms with Gasteiger partial charge in [0, 0.05) is 18.9 Å². The number of carbonyl (C=O) groups excluding carboxylic acids is 4. The van der Waals surface area contributed by atoms with Gasteiger partial charge in [0.1, 0.15) is 25.1 Å². The summed E-state index contributed by atoms with van der Waals surface area (Å²) >= 11 is 0. The van der Waals surface area contributed by atoms with Gasteiger partial charge >= 0.3 is 17.9 Å². The van der Waals surface area contributed by atoms with Crippen molar-refractivity contribution in [3.05, 3.63) is 47.1 Å². The average Bonchev–Trinajstić information content (AvgIpc) is 2.93. The van der Waals surface area contributed by atoms with Crippen LogP contribution in [0.4, 0.5) is 0 Å². The first-order chi connectivity index (χ1) is 13.8. The number of ether oxygens (including phenoxy) is 3. The molecule has 29 heavy (non-hydrogen) atoms. The first kappa shape index (κ1) is 22.3. The van der Waals surface area contributed by atoms with Gasteiger partial charge in [-0.1, -0.05) is 24.3 Å². The number of hydrogen-bond donors (Lipinski definition) is 0. The minimum absolute atomic E-state index is 0.128. The normalized spacial score (nSPS) is 28.8. The summed E-state index contributed by atoms with van der Waals surface area (Å²) < 4.78 is 16.0. The number of fused-ring (bicyclic) bond motifs is 1. The Hall–Kier alpha value is -2.96. The lowest BCUT2D eigenvalue weighted by atomic mass is 9.85. The number of carbonyl (C=O) groups is 4. The Balaban J connectivity index is 2.34. The Morgan fingerprint density at radius 3 is 2.72 bits per heavy atom. The molecule has 7 nitrogen and oxygen atoms in total. The molecule has 0 aromatic heterocycles. The average molecular weight is 402 g/mol. The van der Waals surface area contributed by atoms with Crippen molar-refractivity contribution < 1.29 is 33.4 Å². The van der Waals surface area contributed by atoms with Gasteiger partial charge in [0.25, 0.3) is 0 Å². The molecule has 1 aliphatic heterocycles. The number of rotatable bonds is 5. The van der Waals surface area contributed by atoms with Gasteiger partial charge in [0.15, 0.2) is 0 Å². The van der Waals surface area contributed by atoms with Gasteiger partial charge in [0.05, 0.1) is 11.5 Å². The largest absolute Gasteiger partial charge is 0.461 e. The van der Waals surface area contributed by atoms with E-state index in [2.05, 4.69) is 6.58 Å². The predicted molar refractivity (Wildman–Crippen MR) is 105 cm³/mol. The summed E-state index contributed by atoms with van der Waals surface area (Å²) in [5.74, 6) is -2.37. The molecule has 1 fully saturated rings. The monoisotopic (exact) mass is 402 g/mol. The van der Waals surface area contributed by atoms with Crippen molar-refractivity contribution in [2.45, 2.75) is 52.2 Å². The van der Waals surface area contributed by atoms with E-state index in [1.165, 1.54) is 13.0 Å². The number of aldehydes is 1. The van der Waals surface area contributed by atoms with Crippen molar-refractivity contribution in [2.75, 3.05) is 6.61 Å². The van der Waals surface area contributed by atoms with Gasteiger partial charge in [-0.2, -0.15) is 0 Å². The van der Waals surface area contributed by atoms with Gasteiger partial charge in [-0.3, -0.25) is 9.59 Å². The molecule has 0 spiro atoms. The maximum Gasteiger partial charge on any atom is 0.337 e. The first-order valence-corrected chi connectivity index (χ1v) is 9.47. The summed E-state index contributed by atoms with van der Waals surface area (Å²) in [6.07, 6.45) is 5.91. The summed E-state index contributed by atoms with van der Waals surface area (Å²) in [7, 11) is 0. The van der Waals surface area contributed by atoms with E-state index in [1.54, 1.807) is 13.0 Å². The maximum atomic E-state index is 12.7. The smallest absolute Gasteiger partial charge is 0.337 e. The van der Waals surface area contributed by atoms with E-state index in [9.17, 15) is 19.2 Å². The van der Waals surface area contributed by atoms with Gasteiger partial charge < -0.3 is 14.2 Å². The molecule has 0 saturated carbocycles. The zero-order valence-corrected chi connectivity index (χ0v) is 16.9. The van der Waals surface area contributed by atoms with Gasteiger partial charge in [-0.05, 0) is 38.3 Å². The van der Waals surface area contributed by atoms with E-state index in [1.807, 2.05) is 13.0 Å². The lowest BCUT2D eigenvalue weighted by Crippen LogP contribution is -2.34. The fourth-order valence-corrected chi connectivity index (χ4v) is 3.34. The van der Waals surface area contributed by atoms with Gasteiger partial charge in [-0.15, -0.1) is 0 Å². The third kappa shape index (κ3) is 5.76. The number of hydrogen-bond acceptors (Lipinski definition) is 7. The third-order valence-electron chi connectivity index (χ3n) is 4.94. The minimum atomic E-state index is -0.836. The van der Waals surface area contributed by atoms with E-state index in [-0.39, 0.29) is 24.2 Å². The topological polar surface area (TPSA) is 96.0 Å². The lowest BCUT2D eigenvalue weighted by molar-refractivity contribution is -0.149.